The van der Waals surface area contributed by atoms with Crippen LogP contribution in [0.5, 0.6) is 0 Å². The van der Waals surface area contributed by atoms with Crippen molar-refractivity contribution in [2.24, 2.45) is 7.05 Å². The van der Waals surface area contributed by atoms with Crippen molar-refractivity contribution in [1.29, 1.82) is 0 Å². The normalized spacial score (nSPS) is 11.0. The summed E-state index contributed by atoms with van der Waals surface area (Å²) in [5.74, 6) is 0. The first-order valence-electron chi connectivity index (χ1n) is 3.74. The number of halogens is 1. The van der Waals surface area contributed by atoms with Crippen molar-refractivity contribution in [1.82, 2.24) is 14.8 Å². The molecule has 0 saturated heterocycles. The number of aryl methyl sites for hydroxylation is 1. The maximum atomic E-state index is 4.35. The molecule has 3 nitrogen and oxygen atoms in total. The molecule has 0 aromatic carbocycles. The van der Waals surface area contributed by atoms with E-state index >= 15 is 0 Å². The van der Waals surface area contributed by atoms with Gasteiger partial charge in [0.2, 0.25) is 0 Å². The number of fused-ring (bicyclic) bond motifs is 1. The first-order valence-corrected chi connectivity index (χ1v) is 5.76. The molecule has 0 aliphatic heterocycles. The van der Waals surface area contributed by atoms with Crippen LogP contribution < -0.4 is 0 Å². The molecule has 0 aliphatic rings. The monoisotopic (exact) mass is 257 g/mol. The minimum atomic E-state index is 0.924. The van der Waals surface area contributed by atoms with E-state index in [4.69, 9.17) is 0 Å². The maximum Gasteiger partial charge on any atom is 0.158 e. The van der Waals surface area contributed by atoms with Crippen LogP contribution in [0.4, 0.5) is 0 Å². The predicted octanol–water partition coefficient (Wildman–Crippen LogP) is 2.45. The zero-order chi connectivity index (χ0) is 9.42. The van der Waals surface area contributed by atoms with Gasteiger partial charge in [-0.15, -0.1) is 11.8 Å². The zero-order valence-electron chi connectivity index (χ0n) is 7.28. The lowest BCUT2D eigenvalue weighted by molar-refractivity contribution is 0.754. The van der Waals surface area contributed by atoms with Gasteiger partial charge in [-0.05, 0) is 28.3 Å². The molecule has 0 spiro atoms. The summed E-state index contributed by atoms with van der Waals surface area (Å²) in [5, 5.41) is 6.47. The Morgan fingerprint density at radius 1 is 1.54 bits per heavy atom. The van der Waals surface area contributed by atoms with E-state index in [1.807, 2.05) is 19.4 Å². The van der Waals surface area contributed by atoms with Crippen molar-refractivity contribution >= 4 is 38.7 Å². The lowest BCUT2D eigenvalue weighted by atomic mass is 10.4. The molecule has 0 aliphatic carbocycles. The number of nitrogens with zero attached hydrogens (tertiary/aromatic N) is 3. The van der Waals surface area contributed by atoms with Crippen molar-refractivity contribution in [2.75, 3.05) is 6.26 Å². The smallest absolute Gasteiger partial charge is 0.158 e. The quantitative estimate of drug-likeness (QED) is 0.736. The Kier molecular flexibility index (Phi) is 2.29. The Labute approximate surface area is 88.7 Å². The summed E-state index contributed by atoms with van der Waals surface area (Å²) in [5.41, 5.74) is 0.924. The van der Waals surface area contributed by atoms with Crippen molar-refractivity contribution in [3.8, 4) is 0 Å². The van der Waals surface area contributed by atoms with Crippen LogP contribution in [0.3, 0.4) is 0 Å². The molecule has 2 aromatic rings. The summed E-state index contributed by atoms with van der Waals surface area (Å²) >= 11 is 5.03. The van der Waals surface area contributed by atoms with Gasteiger partial charge < -0.3 is 0 Å². The molecule has 0 N–H and O–H groups in total. The Morgan fingerprint density at radius 3 is 3.00 bits per heavy atom. The second kappa shape index (κ2) is 3.31. The fraction of sp³-hybridized carbons (Fsp3) is 0.250. The summed E-state index contributed by atoms with van der Waals surface area (Å²) in [7, 11) is 1.91. The Bertz CT molecular complexity index is 452. The van der Waals surface area contributed by atoms with Gasteiger partial charge in [-0.1, -0.05) is 0 Å². The third-order valence-corrected chi connectivity index (χ3v) is 2.93. The average molecular weight is 258 g/mol. The van der Waals surface area contributed by atoms with Crippen LogP contribution in [0.2, 0.25) is 0 Å². The van der Waals surface area contributed by atoms with E-state index in [0.29, 0.717) is 0 Å². The van der Waals surface area contributed by atoms with Gasteiger partial charge in [0.1, 0.15) is 5.03 Å². The third kappa shape index (κ3) is 1.46. The van der Waals surface area contributed by atoms with Crippen molar-refractivity contribution in [2.45, 2.75) is 5.03 Å². The van der Waals surface area contributed by atoms with E-state index in [1.54, 1.807) is 22.6 Å². The summed E-state index contributed by atoms with van der Waals surface area (Å²) < 4.78 is 2.79. The molecule has 2 heterocycles. The second-order valence-electron chi connectivity index (χ2n) is 2.66. The molecule has 13 heavy (non-hydrogen) atoms. The average Bonchev–Trinajstić information content (AvgIpc) is 2.42. The van der Waals surface area contributed by atoms with Crippen LogP contribution in [-0.4, -0.2) is 21.0 Å². The highest BCUT2D eigenvalue weighted by Gasteiger charge is 2.08. The van der Waals surface area contributed by atoms with Crippen molar-refractivity contribution in [3.63, 3.8) is 0 Å². The van der Waals surface area contributed by atoms with Gasteiger partial charge >= 0.3 is 0 Å². The topological polar surface area (TPSA) is 30.7 Å². The van der Waals surface area contributed by atoms with Crippen LogP contribution >= 0.6 is 27.7 Å². The van der Waals surface area contributed by atoms with Gasteiger partial charge in [0.05, 0.1) is 5.39 Å². The standard InChI is InChI=1S/C8H8BrN3S/c1-12-7-6(8(11-12)13-2)3-5(9)4-10-7/h3-4H,1-2H3. The van der Waals surface area contributed by atoms with Gasteiger partial charge in [-0.25, -0.2) is 9.67 Å². The Hall–Kier alpha value is -0.550. The molecule has 0 bridgehead atoms. The van der Waals surface area contributed by atoms with Crippen LogP contribution in [-0.2, 0) is 7.05 Å². The number of hydrogen-bond donors (Lipinski definition) is 0. The summed E-state index contributed by atoms with van der Waals surface area (Å²) in [6.07, 6.45) is 3.80. The largest absolute Gasteiger partial charge is 0.249 e. The highest BCUT2D eigenvalue weighted by molar-refractivity contribution is 9.10. The molecule has 68 valence electrons. The number of aromatic nitrogens is 3. The lowest BCUT2D eigenvalue weighted by Crippen LogP contribution is -1.90. The molecular weight excluding hydrogens is 250 g/mol. The van der Waals surface area contributed by atoms with E-state index in [2.05, 4.69) is 26.0 Å². The maximum absolute atomic E-state index is 4.35. The van der Waals surface area contributed by atoms with Gasteiger partial charge in [0.15, 0.2) is 5.65 Å². The van der Waals surface area contributed by atoms with Gasteiger partial charge in [0, 0.05) is 17.7 Å². The van der Waals surface area contributed by atoms with E-state index in [-0.39, 0.29) is 0 Å². The minimum absolute atomic E-state index is 0.924. The molecule has 0 fully saturated rings. The molecule has 0 saturated carbocycles. The molecule has 0 atom stereocenters. The van der Waals surface area contributed by atoms with E-state index in [1.165, 1.54) is 0 Å². The number of thioether (sulfide) groups is 1. The van der Waals surface area contributed by atoms with Crippen molar-refractivity contribution < 1.29 is 0 Å². The van der Waals surface area contributed by atoms with Crippen LogP contribution in [0.25, 0.3) is 11.0 Å². The number of pyridine rings is 1. The van der Waals surface area contributed by atoms with Gasteiger partial charge in [-0.2, -0.15) is 5.10 Å². The molecular formula is C8H8BrN3S. The first kappa shape index (κ1) is 9.02. The second-order valence-corrected chi connectivity index (χ2v) is 4.37. The molecule has 0 unspecified atom stereocenters. The highest BCUT2D eigenvalue weighted by atomic mass is 79.9. The number of hydrogen-bond acceptors (Lipinski definition) is 3. The van der Waals surface area contributed by atoms with E-state index in [0.717, 1.165) is 20.5 Å². The van der Waals surface area contributed by atoms with Crippen LogP contribution in [0.15, 0.2) is 21.8 Å². The molecule has 2 aromatic heterocycles. The zero-order valence-corrected chi connectivity index (χ0v) is 9.69. The Balaban J connectivity index is 2.81. The van der Waals surface area contributed by atoms with Crippen LogP contribution in [0, 0.1) is 0 Å². The summed E-state index contributed by atoms with van der Waals surface area (Å²) in [4.78, 5) is 4.29. The molecule has 2 rings (SSSR count). The molecule has 0 amide bonds. The SMILES string of the molecule is CSc1nn(C)c2ncc(Br)cc12. The lowest BCUT2D eigenvalue weighted by Gasteiger charge is -1.92. The van der Waals surface area contributed by atoms with Crippen molar-refractivity contribution in [3.05, 3.63) is 16.7 Å². The molecule has 5 heteroatoms. The minimum Gasteiger partial charge on any atom is -0.249 e. The summed E-state index contributed by atoms with van der Waals surface area (Å²) in [6.45, 7) is 0. The summed E-state index contributed by atoms with van der Waals surface area (Å²) in [6, 6.07) is 2.04. The van der Waals surface area contributed by atoms with E-state index in [9.17, 15) is 0 Å². The first-order chi connectivity index (χ1) is 6.22. The molecule has 0 radical (unpaired) electrons. The predicted molar refractivity (Wildman–Crippen MR) is 58.0 cm³/mol. The highest BCUT2D eigenvalue weighted by Crippen LogP contribution is 2.25. The number of rotatable bonds is 1. The third-order valence-electron chi connectivity index (χ3n) is 1.80. The van der Waals surface area contributed by atoms with Gasteiger partial charge in [-0.3, -0.25) is 0 Å². The fourth-order valence-corrected chi connectivity index (χ4v) is 2.14. The Morgan fingerprint density at radius 2 is 2.31 bits per heavy atom. The fourth-order valence-electron chi connectivity index (χ4n) is 1.24. The van der Waals surface area contributed by atoms with Crippen LogP contribution in [0.1, 0.15) is 0 Å². The van der Waals surface area contributed by atoms with E-state index < -0.39 is 0 Å². The van der Waals surface area contributed by atoms with Gasteiger partial charge in [0.25, 0.3) is 0 Å².